The van der Waals surface area contributed by atoms with Crippen LogP contribution in [0.3, 0.4) is 0 Å². The summed E-state index contributed by atoms with van der Waals surface area (Å²) < 4.78 is 42.8. The lowest BCUT2D eigenvalue weighted by Crippen LogP contribution is -2.12. The number of thiophene rings is 1. The molecule has 9 heteroatoms. The summed E-state index contributed by atoms with van der Waals surface area (Å²) in [6.07, 6.45) is 0. The Labute approximate surface area is 152 Å². The van der Waals surface area contributed by atoms with Crippen molar-refractivity contribution in [3.63, 3.8) is 0 Å². The maximum absolute atomic E-state index is 12.9. The fourth-order valence-corrected chi connectivity index (χ4v) is 4.11. The molecular formula is C17H12FNO5S2. The van der Waals surface area contributed by atoms with Crippen LogP contribution in [0, 0.1) is 15.9 Å². The smallest absolute Gasteiger partial charge is 0.313 e. The van der Waals surface area contributed by atoms with Gasteiger partial charge in [-0.05, 0) is 35.2 Å². The second-order valence-electron chi connectivity index (χ2n) is 5.33. The standard InChI is InChI=1S/C17H12FNO5S2/c18-13-5-3-12(4-6-13)11-26(22,23)24-16-8-7-14(19(20)21)10-15(16)17-2-1-9-25-17/h1-10H,11H2. The molecule has 0 amide bonds. The lowest BCUT2D eigenvalue weighted by molar-refractivity contribution is -0.384. The minimum Gasteiger partial charge on any atom is -0.381 e. The van der Waals surface area contributed by atoms with Gasteiger partial charge in [-0.2, -0.15) is 8.42 Å². The molecule has 1 aromatic heterocycles. The predicted octanol–water partition coefficient (Wildman–Crippen LogP) is 4.37. The molecule has 1 heterocycles. The highest BCUT2D eigenvalue weighted by atomic mass is 32.2. The van der Waals surface area contributed by atoms with E-state index in [1.54, 1.807) is 17.5 Å². The molecule has 0 bridgehead atoms. The molecule has 3 aromatic rings. The van der Waals surface area contributed by atoms with Gasteiger partial charge in [-0.25, -0.2) is 4.39 Å². The zero-order valence-electron chi connectivity index (χ0n) is 13.2. The molecule has 0 atom stereocenters. The number of rotatable bonds is 6. The fourth-order valence-electron chi connectivity index (χ4n) is 2.28. The molecule has 0 aliphatic heterocycles. The van der Waals surface area contributed by atoms with Gasteiger partial charge in [-0.1, -0.05) is 18.2 Å². The van der Waals surface area contributed by atoms with Crippen LogP contribution in [0.4, 0.5) is 10.1 Å². The van der Waals surface area contributed by atoms with E-state index in [4.69, 9.17) is 4.18 Å². The Kier molecular flexibility index (Phi) is 5.01. The molecule has 0 aliphatic rings. The number of hydrogen-bond donors (Lipinski definition) is 0. The average molecular weight is 393 g/mol. The summed E-state index contributed by atoms with van der Waals surface area (Å²) >= 11 is 1.30. The third-order valence-corrected chi connectivity index (χ3v) is 5.46. The maximum Gasteiger partial charge on any atom is 0.313 e. The van der Waals surface area contributed by atoms with Gasteiger partial charge >= 0.3 is 10.1 Å². The van der Waals surface area contributed by atoms with Crippen molar-refractivity contribution >= 4 is 27.1 Å². The van der Waals surface area contributed by atoms with E-state index in [0.29, 0.717) is 16.0 Å². The minimum absolute atomic E-state index is 0.000150. The van der Waals surface area contributed by atoms with Crippen LogP contribution in [0.25, 0.3) is 10.4 Å². The van der Waals surface area contributed by atoms with Crippen LogP contribution in [0.5, 0.6) is 5.75 Å². The van der Waals surface area contributed by atoms with Gasteiger partial charge in [0.05, 0.1) is 4.92 Å². The summed E-state index contributed by atoms with van der Waals surface area (Å²) in [7, 11) is -4.03. The lowest BCUT2D eigenvalue weighted by atomic mass is 10.1. The molecular weight excluding hydrogens is 381 g/mol. The SMILES string of the molecule is O=[N+]([O-])c1ccc(OS(=O)(=O)Cc2ccc(F)cc2)c(-c2cccs2)c1. The third-order valence-electron chi connectivity index (χ3n) is 3.43. The summed E-state index contributed by atoms with van der Waals surface area (Å²) in [6, 6.07) is 12.2. The van der Waals surface area contributed by atoms with Gasteiger partial charge in [0.25, 0.3) is 5.69 Å². The highest BCUT2D eigenvalue weighted by molar-refractivity contribution is 7.86. The van der Waals surface area contributed by atoms with Crippen LogP contribution in [0.1, 0.15) is 5.56 Å². The van der Waals surface area contributed by atoms with Crippen molar-refractivity contribution in [2.24, 2.45) is 0 Å². The molecule has 0 unspecified atom stereocenters. The topological polar surface area (TPSA) is 86.5 Å². The van der Waals surface area contributed by atoms with Gasteiger partial charge in [-0.15, -0.1) is 11.3 Å². The molecule has 26 heavy (non-hydrogen) atoms. The summed E-state index contributed by atoms with van der Waals surface area (Å²) in [4.78, 5) is 11.1. The normalized spacial score (nSPS) is 11.3. The summed E-state index contributed by atoms with van der Waals surface area (Å²) in [5.41, 5.74) is 0.513. The van der Waals surface area contributed by atoms with Crippen molar-refractivity contribution in [3.05, 3.63) is 81.5 Å². The highest BCUT2D eigenvalue weighted by Crippen LogP contribution is 2.37. The zero-order valence-corrected chi connectivity index (χ0v) is 14.8. The third kappa shape index (κ3) is 4.24. The summed E-state index contributed by atoms with van der Waals surface area (Å²) in [5, 5.41) is 12.8. The van der Waals surface area contributed by atoms with E-state index in [0.717, 1.165) is 12.1 Å². The summed E-state index contributed by atoms with van der Waals surface area (Å²) in [5.74, 6) is -0.920. The first-order chi connectivity index (χ1) is 12.3. The molecule has 0 N–H and O–H groups in total. The van der Waals surface area contributed by atoms with Crippen LogP contribution in [0.2, 0.25) is 0 Å². The molecule has 0 aliphatic carbocycles. The Bertz CT molecular complexity index is 1030. The van der Waals surface area contributed by atoms with Crippen LogP contribution >= 0.6 is 11.3 Å². The second-order valence-corrected chi connectivity index (χ2v) is 7.85. The fraction of sp³-hybridized carbons (Fsp3) is 0.0588. The quantitative estimate of drug-likeness (QED) is 0.353. The van der Waals surface area contributed by atoms with Crippen molar-refractivity contribution in [2.45, 2.75) is 5.75 Å². The Hall–Kier alpha value is -2.78. The average Bonchev–Trinajstić information content (AvgIpc) is 3.11. The van der Waals surface area contributed by atoms with Crippen LogP contribution < -0.4 is 4.18 Å². The minimum atomic E-state index is -4.03. The van der Waals surface area contributed by atoms with Crippen LogP contribution in [0.15, 0.2) is 60.0 Å². The number of non-ortho nitro benzene ring substituents is 1. The van der Waals surface area contributed by atoms with Crippen molar-refractivity contribution in [1.82, 2.24) is 0 Å². The first kappa shape index (κ1) is 18.0. The monoisotopic (exact) mass is 393 g/mol. The Morgan fingerprint density at radius 3 is 2.46 bits per heavy atom. The zero-order chi connectivity index (χ0) is 18.7. The number of benzene rings is 2. The Morgan fingerprint density at radius 2 is 1.85 bits per heavy atom. The Balaban J connectivity index is 1.93. The maximum atomic E-state index is 12.9. The molecule has 134 valence electrons. The second kappa shape index (κ2) is 7.22. The molecule has 3 rings (SSSR count). The first-order valence-electron chi connectivity index (χ1n) is 7.33. The molecule has 6 nitrogen and oxygen atoms in total. The number of nitrogens with zero attached hydrogens (tertiary/aromatic N) is 1. The van der Waals surface area contributed by atoms with Crippen LogP contribution in [-0.2, 0) is 15.9 Å². The van der Waals surface area contributed by atoms with Gasteiger partial charge in [0.2, 0.25) is 0 Å². The molecule has 0 saturated heterocycles. The largest absolute Gasteiger partial charge is 0.381 e. The van der Waals surface area contributed by atoms with Crippen LogP contribution in [-0.4, -0.2) is 13.3 Å². The van der Waals surface area contributed by atoms with Gasteiger partial charge in [0, 0.05) is 22.6 Å². The van der Waals surface area contributed by atoms with E-state index >= 15 is 0 Å². The predicted molar refractivity (Wildman–Crippen MR) is 96.1 cm³/mol. The Morgan fingerprint density at radius 1 is 1.12 bits per heavy atom. The molecule has 0 spiro atoms. The van der Waals surface area contributed by atoms with Crippen molar-refractivity contribution < 1.29 is 21.9 Å². The highest BCUT2D eigenvalue weighted by Gasteiger charge is 2.20. The van der Waals surface area contributed by atoms with Gasteiger partial charge in [0.1, 0.15) is 11.6 Å². The molecule has 0 radical (unpaired) electrons. The van der Waals surface area contributed by atoms with E-state index in [2.05, 4.69) is 0 Å². The van der Waals surface area contributed by atoms with E-state index < -0.39 is 26.6 Å². The van der Waals surface area contributed by atoms with Crippen molar-refractivity contribution in [1.29, 1.82) is 0 Å². The summed E-state index contributed by atoms with van der Waals surface area (Å²) in [6.45, 7) is 0. The van der Waals surface area contributed by atoms with Crippen molar-refractivity contribution in [3.8, 4) is 16.2 Å². The number of nitro groups is 1. The number of nitro benzene ring substituents is 1. The number of halogens is 1. The molecule has 2 aromatic carbocycles. The van der Waals surface area contributed by atoms with Gasteiger partial charge in [0.15, 0.2) is 5.75 Å². The first-order valence-corrected chi connectivity index (χ1v) is 9.79. The van der Waals surface area contributed by atoms with E-state index in [1.165, 1.54) is 41.7 Å². The lowest BCUT2D eigenvalue weighted by Gasteiger charge is -2.11. The molecule has 0 fully saturated rings. The van der Waals surface area contributed by atoms with E-state index in [9.17, 15) is 22.9 Å². The van der Waals surface area contributed by atoms with Crippen molar-refractivity contribution in [2.75, 3.05) is 0 Å². The molecule has 0 saturated carbocycles. The van der Waals surface area contributed by atoms with E-state index in [-0.39, 0.29) is 11.4 Å². The van der Waals surface area contributed by atoms with E-state index in [1.807, 2.05) is 0 Å². The van der Waals surface area contributed by atoms with Gasteiger partial charge < -0.3 is 4.18 Å². The van der Waals surface area contributed by atoms with Gasteiger partial charge in [-0.3, -0.25) is 10.1 Å². The number of hydrogen-bond acceptors (Lipinski definition) is 6.